The number of rotatable bonds is 6. The number of hydrogen-bond acceptors (Lipinski definition) is 4. The molecule has 6 nitrogen and oxygen atoms in total. The Labute approximate surface area is 226 Å². The van der Waals surface area contributed by atoms with Gasteiger partial charge in [-0.15, -0.1) is 0 Å². The number of H-pyrrole nitrogens is 1. The molecule has 5 unspecified atom stereocenters. The van der Waals surface area contributed by atoms with Gasteiger partial charge >= 0.3 is 0 Å². The van der Waals surface area contributed by atoms with Gasteiger partial charge in [0.15, 0.2) is 0 Å². The summed E-state index contributed by atoms with van der Waals surface area (Å²) in [5, 5.41) is 10.7. The van der Waals surface area contributed by atoms with Crippen LogP contribution in [-0.4, -0.2) is 58.0 Å². The van der Waals surface area contributed by atoms with Gasteiger partial charge in [0, 0.05) is 36.8 Å². The van der Waals surface area contributed by atoms with Crippen molar-refractivity contribution < 1.29 is 9.90 Å². The molecule has 6 heteroatoms. The molecule has 4 fully saturated rings. The number of hydrogen-bond donors (Lipinski definition) is 2. The number of aromatic amines is 1. The van der Waals surface area contributed by atoms with Crippen LogP contribution >= 0.6 is 0 Å². The van der Waals surface area contributed by atoms with Crippen LogP contribution in [0, 0.1) is 24.2 Å². The number of aromatic nitrogens is 1. The number of phenolic OH excluding ortho intramolecular Hbond substituents is 1. The van der Waals surface area contributed by atoms with E-state index in [1.165, 1.54) is 30.5 Å². The fraction of sp³-hybridized carbons (Fsp3) is 0.625. The molecule has 1 aliphatic heterocycles. The highest BCUT2D eigenvalue weighted by atomic mass is 16.3. The van der Waals surface area contributed by atoms with Crippen molar-refractivity contribution >= 4 is 5.91 Å². The minimum atomic E-state index is -0.309. The molecule has 1 saturated heterocycles. The summed E-state index contributed by atoms with van der Waals surface area (Å²) in [4.78, 5) is 33.9. The third kappa shape index (κ3) is 3.70. The second kappa shape index (κ2) is 9.25. The highest BCUT2D eigenvalue weighted by molar-refractivity contribution is 5.94. The maximum Gasteiger partial charge on any atom is 0.260 e. The van der Waals surface area contributed by atoms with Crippen molar-refractivity contribution in [1.82, 2.24) is 14.8 Å². The summed E-state index contributed by atoms with van der Waals surface area (Å²) in [5.41, 5.74) is 3.36. The third-order valence-electron chi connectivity index (χ3n) is 11.2. The largest absolute Gasteiger partial charge is 0.508 e. The van der Waals surface area contributed by atoms with E-state index >= 15 is 0 Å². The molecule has 4 aliphatic rings. The van der Waals surface area contributed by atoms with Gasteiger partial charge in [0.1, 0.15) is 11.3 Å². The molecule has 3 aliphatic carbocycles. The summed E-state index contributed by atoms with van der Waals surface area (Å²) in [6, 6.07) is 10.0. The number of aromatic hydroxyl groups is 1. The molecule has 1 amide bonds. The van der Waals surface area contributed by atoms with E-state index in [1.807, 2.05) is 31.0 Å². The first kappa shape index (κ1) is 25.7. The molecule has 3 saturated carbocycles. The molecule has 2 bridgehead atoms. The Morgan fingerprint density at radius 2 is 1.89 bits per heavy atom. The molecule has 5 atom stereocenters. The zero-order chi connectivity index (χ0) is 26.8. The first-order valence-corrected chi connectivity index (χ1v) is 14.8. The first-order valence-electron chi connectivity index (χ1n) is 14.8. The van der Waals surface area contributed by atoms with E-state index in [0.29, 0.717) is 17.7 Å². The zero-order valence-corrected chi connectivity index (χ0v) is 23.4. The Kier molecular flexibility index (Phi) is 6.25. The fourth-order valence-corrected chi connectivity index (χ4v) is 9.13. The van der Waals surface area contributed by atoms with Gasteiger partial charge in [0.05, 0.1) is 0 Å². The molecule has 38 heavy (non-hydrogen) atoms. The number of phenols is 1. The average molecular weight is 518 g/mol. The number of piperidine rings is 1. The number of amides is 1. The maximum atomic E-state index is 13.7. The minimum absolute atomic E-state index is 0.0630. The highest BCUT2D eigenvalue weighted by Gasteiger charge is 2.69. The summed E-state index contributed by atoms with van der Waals surface area (Å²) >= 11 is 0. The van der Waals surface area contributed by atoms with E-state index in [2.05, 4.69) is 35.9 Å². The van der Waals surface area contributed by atoms with Crippen molar-refractivity contribution in [2.75, 3.05) is 20.1 Å². The predicted octanol–water partition coefficient (Wildman–Crippen LogP) is 5.02. The van der Waals surface area contributed by atoms with Crippen molar-refractivity contribution in [3.8, 4) is 5.75 Å². The van der Waals surface area contributed by atoms with Gasteiger partial charge in [-0.2, -0.15) is 0 Å². The van der Waals surface area contributed by atoms with Gasteiger partial charge in [-0.25, -0.2) is 0 Å². The molecule has 1 aromatic heterocycles. The van der Waals surface area contributed by atoms with E-state index in [9.17, 15) is 14.7 Å². The zero-order valence-electron chi connectivity index (χ0n) is 23.4. The Morgan fingerprint density at radius 1 is 1.13 bits per heavy atom. The van der Waals surface area contributed by atoms with Crippen LogP contribution in [0.1, 0.15) is 86.0 Å². The van der Waals surface area contributed by atoms with Crippen molar-refractivity contribution in [2.24, 2.45) is 17.3 Å². The van der Waals surface area contributed by atoms with Crippen LogP contribution in [0.4, 0.5) is 0 Å². The second-order valence-electron chi connectivity index (χ2n) is 12.7. The van der Waals surface area contributed by atoms with Crippen molar-refractivity contribution in [1.29, 1.82) is 0 Å². The molecular formula is C32H43N3O3. The lowest BCUT2D eigenvalue weighted by atomic mass is 9.46. The van der Waals surface area contributed by atoms with Crippen molar-refractivity contribution in [3.05, 3.63) is 63.1 Å². The first-order chi connectivity index (χ1) is 18.2. The van der Waals surface area contributed by atoms with Crippen molar-refractivity contribution in [2.45, 2.75) is 89.6 Å². The third-order valence-corrected chi connectivity index (χ3v) is 11.2. The summed E-state index contributed by atoms with van der Waals surface area (Å²) in [7, 11) is 1.90. The number of nitrogens with zero attached hydrogens (tertiary/aromatic N) is 2. The van der Waals surface area contributed by atoms with Gasteiger partial charge in [-0.3, -0.25) is 14.5 Å². The summed E-state index contributed by atoms with van der Waals surface area (Å²) < 4.78 is 0. The van der Waals surface area contributed by atoms with E-state index in [4.69, 9.17) is 0 Å². The Morgan fingerprint density at radius 3 is 2.61 bits per heavy atom. The summed E-state index contributed by atoms with van der Waals surface area (Å²) in [6.45, 7) is 8.79. The Bertz CT molecular complexity index is 1300. The molecule has 2 heterocycles. The smallest absolute Gasteiger partial charge is 0.260 e. The molecule has 2 N–H and O–H groups in total. The summed E-state index contributed by atoms with van der Waals surface area (Å²) in [5.74, 6) is 1.31. The number of carbonyl (C=O) groups is 1. The molecule has 0 radical (unpaired) electrons. The van der Waals surface area contributed by atoms with Crippen LogP contribution in [0.15, 0.2) is 35.1 Å². The van der Waals surface area contributed by atoms with Crippen LogP contribution in [0.5, 0.6) is 5.75 Å². The van der Waals surface area contributed by atoms with E-state index in [-0.39, 0.29) is 33.9 Å². The SMILES string of the molecule is CCc1ccc(O)cc1C12CCN(CC3CC3)C(C)C13CCC(N(C)C(=O)c1ccc(C)[nH]c1=O)C2CC3. The molecular weight excluding hydrogens is 474 g/mol. The quantitative estimate of drug-likeness (QED) is 0.564. The van der Waals surface area contributed by atoms with Gasteiger partial charge < -0.3 is 15.0 Å². The van der Waals surface area contributed by atoms with Crippen LogP contribution in [0.25, 0.3) is 0 Å². The molecule has 204 valence electrons. The van der Waals surface area contributed by atoms with E-state index in [1.54, 1.807) is 6.07 Å². The lowest BCUT2D eigenvalue weighted by Crippen LogP contribution is -2.67. The van der Waals surface area contributed by atoms with Crippen molar-refractivity contribution in [3.63, 3.8) is 0 Å². The van der Waals surface area contributed by atoms with Gasteiger partial charge in [-0.05, 0) is 124 Å². The predicted molar refractivity (Wildman–Crippen MR) is 150 cm³/mol. The van der Waals surface area contributed by atoms with Gasteiger partial charge in [-0.1, -0.05) is 13.0 Å². The van der Waals surface area contributed by atoms with Crippen LogP contribution < -0.4 is 5.56 Å². The van der Waals surface area contributed by atoms with E-state index < -0.39 is 0 Å². The number of aryl methyl sites for hydroxylation is 2. The van der Waals surface area contributed by atoms with Gasteiger partial charge in [0.2, 0.25) is 0 Å². The highest BCUT2D eigenvalue weighted by Crippen LogP contribution is 2.70. The second-order valence-corrected chi connectivity index (χ2v) is 12.7. The Hall–Kier alpha value is -2.60. The number of likely N-dealkylation sites (tertiary alicyclic amines) is 1. The van der Waals surface area contributed by atoms with Crippen LogP contribution in [0.3, 0.4) is 0 Å². The number of pyridine rings is 1. The maximum absolute atomic E-state index is 13.7. The number of nitrogens with one attached hydrogen (secondary N) is 1. The molecule has 2 aromatic rings. The molecule has 0 spiro atoms. The fourth-order valence-electron chi connectivity index (χ4n) is 9.13. The number of carbonyl (C=O) groups excluding carboxylic acids is 1. The van der Waals surface area contributed by atoms with Gasteiger partial charge in [0.25, 0.3) is 11.5 Å². The normalized spacial score (nSPS) is 32.7. The molecule has 6 rings (SSSR count). The summed E-state index contributed by atoms with van der Waals surface area (Å²) in [6.07, 6.45) is 8.98. The minimum Gasteiger partial charge on any atom is -0.508 e. The monoisotopic (exact) mass is 517 g/mol. The van der Waals surface area contributed by atoms with Crippen LogP contribution in [0.2, 0.25) is 0 Å². The topological polar surface area (TPSA) is 76.6 Å². The van der Waals surface area contributed by atoms with E-state index in [0.717, 1.165) is 56.7 Å². The van der Waals surface area contributed by atoms with Crippen LogP contribution in [-0.2, 0) is 11.8 Å². The average Bonchev–Trinajstić information content (AvgIpc) is 3.69. The standard InChI is InChI=1S/C32H43N3O3/c1-5-23-9-10-24(36)18-27(23)32-16-17-35(19-22-7-8-22)21(3)31(32)14-12-26(32)28(13-15-31)34(4)30(38)25-11-6-20(2)33-29(25)37/h6,9-11,18,21-22,26,28,36H,5,7-8,12-17,19H2,1-4H3,(H,33,37). The number of benzene rings is 1. The Balaban J connectivity index is 1.44. The lowest BCUT2D eigenvalue weighted by molar-refractivity contribution is -0.0893. The molecule has 1 aromatic carbocycles. The lowest BCUT2D eigenvalue weighted by Gasteiger charge is -2.64.